The Labute approximate surface area is 122 Å². The van der Waals surface area contributed by atoms with Crippen molar-refractivity contribution < 1.29 is 9.53 Å². The molecule has 2 N–H and O–H groups in total. The van der Waals surface area contributed by atoms with Crippen molar-refractivity contribution in [1.29, 1.82) is 0 Å². The number of carbonyl (C=O) groups excluding carboxylic acids is 1. The average molecular weight is 277 g/mol. The largest absolute Gasteiger partial charge is 0.468 e. The summed E-state index contributed by atoms with van der Waals surface area (Å²) in [5.41, 5.74) is 9.88. The Hall–Kier alpha value is -1.35. The van der Waals surface area contributed by atoms with Gasteiger partial charge < -0.3 is 10.5 Å². The zero-order chi connectivity index (χ0) is 15.1. The van der Waals surface area contributed by atoms with E-state index in [4.69, 9.17) is 5.73 Å². The fraction of sp³-hybridized carbons (Fsp3) is 0.588. The molecule has 20 heavy (non-hydrogen) atoms. The molecule has 0 spiro atoms. The Morgan fingerprint density at radius 2 is 2.05 bits per heavy atom. The van der Waals surface area contributed by atoms with Gasteiger partial charge in [-0.15, -0.1) is 0 Å². The average Bonchev–Trinajstić information content (AvgIpc) is 2.43. The molecular formula is C17H27NO2. The molecule has 0 heterocycles. The molecule has 3 nitrogen and oxygen atoms in total. The zero-order valence-electron chi connectivity index (χ0n) is 13.1. The number of nitrogens with two attached hydrogens (primary N) is 1. The molecule has 0 aromatic heterocycles. The second-order valence-corrected chi connectivity index (χ2v) is 5.61. The highest BCUT2D eigenvalue weighted by atomic mass is 16.5. The molecule has 1 aromatic rings. The lowest BCUT2D eigenvalue weighted by atomic mass is 9.90. The molecular weight excluding hydrogens is 250 g/mol. The van der Waals surface area contributed by atoms with Crippen molar-refractivity contribution in [1.82, 2.24) is 0 Å². The predicted molar refractivity (Wildman–Crippen MR) is 82.6 cm³/mol. The van der Waals surface area contributed by atoms with Gasteiger partial charge in [0.25, 0.3) is 0 Å². The van der Waals surface area contributed by atoms with Crippen LogP contribution in [0.3, 0.4) is 0 Å². The molecule has 3 heteroatoms. The number of methoxy groups -OCH3 is 1. The number of hydrogen-bond acceptors (Lipinski definition) is 3. The Bertz CT molecular complexity index is 443. The van der Waals surface area contributed by atoms with Crippen molar-refractivity contribution in [2.75, 3.05) is 7.11 Å². The van der Waals surface area contributed by atoms with E-state index in [-0.39, 0.29) is 5.97 Å². The van der Waals surface area contributed by atoms with E-state index in [1.165, 1.54) is 23.8 Å². The van der Waals surface area contributed by atoms with Gasteiger partial charge in [-0.05, 0) is 50.2 Å². The third kappa shape index (κ3) is 4.97. The van der Waals surface area contributed by atoms with Gasteiger partial charge in [-0.1, -0.05) is 37.1 Å². The Kier molecular flexibility index (Phi) is 6.73. The molecule has 2 atom stereocenters. The monoisotopic (exact) mass is 277 g/mol. The Morgan fingerprint density at radius 3 is 2.60 bits per heavy atom. The van der Waals surface area contributed by atoms with Crippen LogP contribution in [0.15, 0.2) is 18.2 Å². The SMILES string of the molecule is CCC(CCc1ccc(C)cc1C)CC(N)C(=O)OC. The minimum absolute atomic E-state index is 0.310. The summed E-state index contributed by atoms with van der Waals surface area (Å²) < 4.78 is 4.69. The van der Waals surface area contributed by atoms with Crippen molar-refractivity contribution in [3.05, 3.63) is 34.9 Å². The summed E-state index contributed by atoms with van der Waals surface area (Å²) in [6, 6.07) is 6.08. The van der Waals surface area contributed by atoms with Crippen LogP contribution in [0.1, 0.15) is 42.9 Å². The number of ether oxygens (including phenoxy) is 1. The van der Waals surface area contributed by atoms with Crippen molar-refractivity contribution in [2.45, 2.75) is 52.5 Å². The standard InChI is InChI=1S/C17H27NO2/c1-5-14(11-16(18)17(19)20-4)7-9-15-8-6-12(2)10-13(15)3/h6,8,10,14,16H,5,7,9,11,18H2,1-4H3. The summed E-state index contributed by atoms with van der Waals surface area (Å²) in [5.74, 6) is 0.153. The highest BCUT2D eigenvalue weighted by molar-refractivity contribution is 5.75. The summed E-state index contributed by atoms with van der Waals surface area (Å²) >= 11 is 0. The summed E-state index contributed by atoms with van der Waals surface area (Å²) in [7, 11) is 1.39. The minimum atomic E-state index is -0.496. The van der Waals surface area contributed by atoms with E-state index in [0.29, 0.717) is 12.3 Å². The summed E-state index contributed by atoms with van der Waals surface area (Å²) in [6.45, 7) is 6.42. The van der Waals surface area contributed by atoms with Gasteiger partial charge in [-0.3, -0.25) is 4.79 Å². The van der Waals surface area contributed by atoms with Crippen LogP contribution in [0.4, 0.5) is 0 Å². The Balaban J connectivity index is 2.54. The molecule has 1 aromatic carbocycles. The summed E-state index contributed by atoms with van der Waals surface area (Å²) in [5, 5.41) is 0. The quantitative estimate of drug-likeness (QED) is 0.779. The molecule has 0 radical (unpaired) electrons. The highest BCUT2D eigenvalue weighted by Crippen LogP contribution is 2.20. The van der Waals surface area contributed by atoms with E-state index < -0.39 is 6.04 Å². The summed E-state index contributed by atoms with van der Waals surface area (Å²) in [4.78, 5) is 11.4. The van der Waals surface area contributed by atoms with Gasteiger partial charge in [0, 0.05) is 0 Å². The molecule has 0 bridgehead atoms. The van der Waals surface area contributed by atoms with Crippen LogP contribution >= 0.6 is 0 Å². The first kappa shape index (κ1) is 16.7. The zero-order valence-corrected chi connectivity index (χ0v) is 13.1. The van der Waals surface area contributed by atoms with E-state index in [1.54, 1.807) is 0 Å². The molecule has 1 rings (SSSR count). The molecule has 0 aliphatic rings. The van der Waals surface area contributed by atoms with Crippen molar-refractivity contribution in [3.63, 3.8) is 0 Å². The highest BCUT2D eigenvalue weighted by Gasteiger charge is 2.19. The lowest BCUT2D eigenvalue weighted by Crippen LogP contribution is -2.33. The van der Waals surface area contributed by atoms with E-state index in [1.807, 2.05) is 0 Å². The first-order valence-electron chi connectivity index (χ1n) is 7.37. The molecule has 0 fully saturated rings. The molecule has 0 saturated carbocycles. The molecule has 0 aliphatic heterocycles. The second kappa shape index (κ2) is 8.05. The molecule has 2 unspecified atom stereocenters. The lowest BCUT2D eigenvalue weighted by Gasteiger charge is -2.18. The predicted octanol–water partition coefficient (Wildman–Crippen LogP) is 3.15. The van der Waals surface area contributed by atoms with Gasteiger partial charge in [-0.2, -0.15) is 0 Å². The summed E-state index contributed by atoms with van der Waals surface area (Å²) in [6.07, 6.45) is 3.84. The number of hydrogen-bond donors (Lipinski definition) is 1. The Morgan fingerprint density at radius 1 is 1.35 bits per heavy atom. The van der Waals surface area contributed by atoms with Crippen LogP contribution in [-0.4, -0.2) is 19.1 Å². The smallest absolute Gasteiger partial charge is 0.322 e. The normalized spacial score (nSPS) is 13.8. The van der Waals surface area contributed by atoms with Crippen LogP contribution in [0.5, 0.6) is 0 Å². The van der Waals surface area contributed by atoms with Gasteiger partial charge in [0.05, 0.1) is 7.11 Å². The maximum absolute atomic E-state index is 11.4. The second-order valence-electron chi connectivity index (χ2n) is 5.61. The van der Waals surface area contributed by atoms with Crippen molar-refractivity contribution in [2.24, 2.45) is 11.7 Å². The number of aryl methyl sites for hydroxylation is 3. The van der Waals surface area contributed by atoms with Gasteiger partial charge in [0.1, 0.15) is 6.04 Å². The van der Waals surface area contributed by atoms with Crippen molar-refractivity contribution >= 4 is 5.97 Å². The van der Waals surface area contributed by atoms with Crippen LogP contribution in [0.25, 0.3) is 0 Å². The van der Waals surface area contributed by atoms with Crippen LogP contribution in [-0.2, 0) is 16.0 Å². The topological polar surface area (TPSA) is 52.3 Å². The van der Waals surface area contributed by atoms with Gasteiger partial charge in [0.2, 0.25) is 0 Å². The molecule has 0 amide bonds. The first-order chi connectivity index (χ1) is 9.47. The number of esters is 1. The lowest BCUT2D eigenvalue weighted by molar-refractivity contribution is -0.142. The molecule has 0 saturated heterocycles. The van der Waals surface area contributed by atoms with Crippen LogP contribution in [0.2, 0.25) is 0 Å². The van der Waals surface area contributed by atoms with Crippen LogP contribution in [0, 0.1) is 19.8 Å². The number of carbonyl (C=O) groups is 1. The maximum Gasteiger partial charge on any atom is 0.322 e. The number of benzene rings is 1. The minimum Gasteiger partial charge on any atom is -0.468 e. The van der Waals surface area contributed by atoms with Gasteiger partial charge in [-0.25, -0.2) is 0 Å². The fourth-order valence-corrected chi connectivity index (χ4v) is 2.58. The van der Waals surface area contributed by atoms with E-state index in [2.05, 4.69) is 43.7 Å². The van der Waals surface area contributed by atoms with E-state index in [9.17, 15) is 4.79 Å². The molecule has 0 aliphatic carbocycles. The fourth-order valence-electron chi connectivity index (χ4n) is 2.58. The third-order valence-corrected chi connectivity index (χ3v) is 3.99. The van der Waals surface area contributed by atoms with Gasteiger partial charge >= 0.3 is 5.97 Å². The van der Waals surface area contributed by atoms with Crippen molar-refractivity contribution in [3.8, 4) is 0 Å². The van der Waals surface area contributed by atoms with Gasteiger partial charge in [0.15, 0.2) is 0 Å². The maximum atomic E-state index is 11.4. The van der Waals surface area contributed by atoms with E-state index >= 15 is 0 Å². The first-order valence-corrected chi connectivity index (χ1v) is 7.37. The third-order valence-electron chi connectivity index (χ3n) is 3.99. The van der Waals surface area contributed by atoms with E-state index in [0.717, 1.165) is 19.3 Å². The van der Waals surface area contributed by atoms with Crippen LogP contribution < -0.4 is 5.73 Å². The number of rotatable bonds is 7. The molecule has 112 valence electrons.